The molecule has 2 aromatic rings. The Hall–Kier alpha value is -3.43. The monoisotopic (exact) mass is 510 g/mol. The van der Waals surface area contributed by atoms with Crippen molar-refractivity contribution in [2.24, 2.45) is 4.99 Å². The molecule has 9 heteroatoms. The summed E-state index contributed by atoms with van der Waals surface area (Å²) in [4.78, 5) is 17.5. The van der Waals surface area contributed by atoms with E-state index in [1.54, 1.807) is 42.1 Å². The molecule has 2 aliphatic heterocycles. The van der Waals surface area contributed by atoms with Gasteiger partial charge < -0.3 is 29.7 Å². The maximum atomic E-state index is 12.8. The van der Waals surface area contributed by atoms with Gasteiger partial charge in [-0.3, -0.25) is 9.79 Å². The van der Waals surface area contributed by atoms with Gasteiger partial charge in [0.15, 0.2) is 33.9 Å². The Kier molecular flexibility index (Phi) is 8.56. The Morgan fingerprint density at radius 1 is 1.17 bits per heavy atom. The molecule has 2 fully saturated rings. The number of ether oxygens (including phenoxy) is 3. The minimum atomic E-state index is -0.183. The topological polar surface area (TPSA) is 110 Å². The molecule has 4 rings (SSSR count). The SMILES string of the molecule is COc1cc(/C=C/C(=O)C=C2CC(c3ccc(O)c(OC)c3)SC(=NCC3CCCO3)N2)ccc1O. The summed E-state index contributed by atoms with van der Waals surface area (Å²) in [5, 5.41) is 23.8. The summed E-state index contributed by atoms with van der Waals surface area (Å²) in [6.07, 6.45) is 7.45. The molecule has 0 aromatic heterocycles. The van der Waals surface area contributed by atoms with E-state index in [-0.39, 0.29) is 28.6 Å². The zero-order valence-electron chi connectivity index (χ0n) is 20.3. The van der Waals surface area contributed by atoms with Crippen LogP contribution in [-0.4, -0.2) is 54.6 Å². The third kappa shape index (κ3) is 6.61. The summed E-state index contributed by atoms with van der Waals surface area (Å²) in [6.45, 7) is 1.33. The van der Waals surface area contributed by atoms with Crippen LogP contribution in [0.1, 0.15) is 35.6 Å². The first-order chi connectivity index (χ1) is 17.4. The highest BCUT2D eigenvalue weighted by Crippen LogP contribution is 2.41. The predicted octanol–water partition coefficient (Wildman–Crippen LogP) is 4.58. The summed E-state index contributed by atoms with van der Waals surface area (Å²) >= 11 is 1.58. The molecule has 0 amide bonds. The van der Waals surface area contributed by atoms with Crippen molar-refractivity contribution < 1.29 is 29.2 Å². The van der Waals surface area contributed by atoms with Gasteiger partial charge in [-0.25, -0.2) is 0 Å². The Morgan fingerprint density at radius 2 is 1.92 bits per heavy atom. The number of aliphatic imine (C=N–C) groups is 1. The number of allylic oxidation sites excluding steroid dienone is 3. The molecule has 8 nitrogen and oxygen atoms in total. The molecule has 3 N–H and O–H groups in total. The molecule has 0 radical (unpaired) electrons. The number of aromatic hydroxyl groups is 2. The molecule has 2 aliphatic rings. The highest BCUT2D eigenvalue weighted by Gasteiger charge is 2.25. The van der Waals surface area contributed by atoms with Gasteiger partial charge in [-0.15, -0.1) is 0 Å². The van der Waals surface area contributed by atoms with Crippen LogP contribution in [0.25, 0.3) is 6.08 Å². The van der Waals surface area contributed by atoms with E-state index in [4.69, 9.17) is 19.2 Å². The molecule has 190 valence electrons. The van der Waals surface area contributed by atoms with Gasteiger partial charge in [0.25, 0.3) is 0 Å². The van der Waals surface area contributed by atoms with E-state index < -0.39 is 0 Å². The second kappa shape index (κ2) is 12.0. The molecular formula is C27H30N2O6S. The Labute approximate surface area is 214 Å². The fraction of sp³-hybridized carbons (Fsp3) is 0.333. The van der Waals surface area contributed by atoms with Crippen molar-refractivity contribution in [1.82, 2.24) is 5.32 Å². The Balaban J connectivity index is 1.54. The molecule has 2 unspecified atom stereocenters. The molecule has 0 bridgehead atoms. The fourth-order valence-corrected chi connectivity index (χ4v) is 5.17. The van der Waals surface area contributed by atoms with Crippen LogP contribution < -0.4 is 14.8 Å². The number of hydrogen-bond donors (Lipinski definition) is 3. The standard InChI is InChI=1S/C27H30N2O6S/c1-33-24-12-17(6-9-22(24)31)5-8-20(30)14-19-15-26(18-7-10-23(32)25(13-18)34-2)36-27(29-19)28-16-21-4-3-11-35-21/h5-10,12-14,21,26,31-32H,3-4,11,15-16H2,1-2H3,(H,28,29)/b8-5+,19-14?. The van der Waals surface area contributed by atoms with Crippen molar-refractivity contribution in [3.63, 3.8) is 0 Å². The molecule has 2 heterocycles. The number of phenolic OH excluding ortho intramolecular Hbond substituents is 2. The number of carbonyl (C=O) groups excluding carboxylic acids is 1. The van der Waals surface area contributed by atoms with E-state index in [0.29, 0.717) is 24.5 Å². The van der Waals surface area contributed by atoms with E-state index in [1.165, 1.54) is 26.4 Å². The van der Waals surface area contributed by atoms with E-state index in [9.17, 15) is 15.0 Å². The molecule has 2 atom stereocenters. The Bertz CT molecular complexity index is 1190. The van der Waals surface area contributed by atoms with Gasteiger partial charge in [-0.1, -0.05) is 30.0 Å². The summed E-state index contributed by atoms with van der Waals surface area (Å²) < 4.78 is 16.1. The van der Waals surface area contributed by atoms with Crippen LogP contribution in [0, 0.1) is 0 Å². The van der Waals surface area contributed by atoms with Gasteiger partial charge in [-0.2, -0.15) is 0 Å². The smallest absolute Gasteiger partial charge is 0.180 e. The van der Waals surface area contributed by atoms with Crippen LogP contribution in [0.4, 0.5) is 0 Å². The minimum Gasteiger partial charge on any atom is -0.504 e. The van der Waals surface area contributed by atoms with Gasteiger partial charge in [0.2, 0.25) is 0 Å². The average molecular weight is 511 g/mol. The second-order valence-corrected chi connectivity index (χ2v) is 9.68. The number of rotatable bonds is 8. The van der Waals surface area contributed by atoms with Crippen LogP contribution in [0.3, 0.4) is 0 Å². The molecule has 2 saturated heterocycles. The summed E-state index contributed by atoms with van der Waals surface area (Å²) in [5.41, 5.74) is 2.44. The maximum absolute atomic E-state index is 12.8. The number of nitrogens with one attached hydrogen (secondary N) is 1. The van der Waals surface area contributed by atoms with Crippen LogP contribution in [-0.2, 0) is 9.53 Å². The van der Waals surface area contributed by atoms with Crippen molar-refractivity contribution in [3.05, 3.63) is 65.4 Å². The van der Waals surface area contributed by atoms with Gasteiger partial charge in [0.1, 0.15) is 0 Å². The van der Waals surface area contributed by atoms with Crippen LogP contribution in [0.15, 0.2) is 59.2 Å². The number of thioether (sulfide) groups is 1. The lowest BCUT2D eigenvalue weighted by Gasteiger charge is -2.27. The molecule has 0 spiro atoms. The molecular weight excluding hydrogens is 480 g/mol. The van der Waals surface area contributed by atoms with E-state index in [1.807, 2.05) is 12.1 Å². The number of hydrogen-bond acceptors (Lipinski definition) is 8. The number of phenols is 2. The lowest BCUT2D eigenvalue weighted by atomic mass is 10.1. The largest absolute Gasteiger partial charge is 0.504 e. The lowest BCUT2D eigenvalue weighted by Crippen LogP contribution is -2.29. The maximum Gasteiger partial charge on any atom is 0.180 e. The third-order valence-corrected chi connectivity index (χ3v) is 7.10. The van der Waals surface area contributed by atoms with Crippen molar-refractivity contribution in [1.29, 1.82) is 0 Å². The van der Waals surface area contributed by atoms with Gasteiger partial charge in [0.05, 0.1) is 26.9 Å². The number of carbonyl (C=O) groups is 1. The van der Waals surface area contributed by atoms with Crippen LogP contribution >= 0.6 is 11.8 Å². The first-order valence-electron chi connectivity index (χ1n) is 11.7. The van der Waals surface area contributed by atoms with Crippen molar-refractivity contribution in [2.75, 3.05) is 27.4 Å². The van der Waals surface area contributed by atoms with Crippen molar-refractivity contribution in [2.45, 2.75) is 30.6 Å². The van der Waals surface area contributed by atoms with E-state index in [2.05, 4.69) is 5.32 Å². The first kappa shape index (κ1) is 25.7. The number of benzene rings is 2. The van der Waals surface area contributed by atoms with Crippen molar-refractivity contribution in [3.8, 4) is 23.0 Å². The number of methoxy groups -OCH3 is 2. The molecule has 36 heavy (non-hydrogen) atoms. The Morgan fingerprint density at radius 3 is 2.64 bits per heavy atom. The predicted molar refractivity (Wildman–Crippen MR) is 141 cm³/mol. The van der Waals surface area contributed by atoms with Gasteiger partial charge >= 0.3 is 0 Å². The molecule has 2 aromatic carbocycles. The molecule has 0 saturated carbocycles. The van der Waals surface area contributed by atoms with Crippen LogP contribution in [0.5, 0.6) is 23.0 Å². The molecule has 0 aliphatic carbocycles. The third-order valence-electron chi connectivity index (χ3n) is 5.93. The number of amidine groups is 1. The highest BCUT2D eigenvalue weighted by atomic mass is 32.2. The number of ketones is 1. The fourth-order valence-electron chi connectivity index (χ4n) is 4.02. The van der Waals surface area contributed by atoms with Crippen molar-refractivity contribution >= 4 is 28.8 Å². The quantitative estimate of drug-likeness (QED) is 0.443. The summed E-state index contributed by atoms with van der Waals surface area (Å²) in [5.74, 6) is 0.677. The van der Waals surface area contributed by atoms with Gasteiger partial charge in [-0.05, 0) is 54.3 Å². The minimum absolute atomic E-state index is 0.0200. The second-order valence-electron chi connectivity index (χ2n) is 8.48. The first-order valence-corrected chi connectivity index (χ1v) is 12.6. The van der Waals surface area contributed by atoms with Gasteiger partial charge in [0, 0.05) is 30.1 Å². The van der Waals surface area contributed by atoms with E-state index >= 15 is 0 Å². The average Bonchev–Trinajstić information content (AvgIpc) is 3.41. The zero-order valence-corrected chi connectivity index (χ0v) is 21.1. The zero-order chi connectivity index (χ0) is 25.5. The number of nitrogens with zero attached hydrogens (tertiary/aromatic N) is 1. The normalized spacial score (nSPS) is 22.2. The van der Waals surface area contributed by atoms with E-state index in [0.717, 1.165) is 41.4 Å². The highest BCUT2D eigenvalue weighted by molar-refractivity contribution is 8.14. The summed E-state index contributed by atoms with van der Waals surface area (Å²) in [6, 6.07) is 10.2. The summed E-state index contributed by atoms with van der Waals surface area (Å²) in [7, 11) is 2.99. The lowest BCUT2D eigenvalue weighted by molar-refractivity contribution is -0.110. The van der Waals surface area contributed by atoms with Crippen LogP contribution in [0.2, 0.25) is 0 Å².